The number of ether oxygens (including phenoxy) is 2. The van der Waals surface area contributed by atoms with Crippen molar-refractivity contribution in [2.45, 2.75) is 283 Å². The number of likely N-dealkylation sites (N-methyl/N-ethyl adjacent to an activating group) is 1. The Bertz CT molecular complexity index is 1260. The Balaban J connectivity index is 4.06. The number of hydrogen-bond donors (Lipinski definition) is 1. The topological polar surface area (TPSA) is 108 Å². The molecule has 406 valence electrons. The number of hydrogen-bond acceptors (Lipinski definition) is 7. The van der Waals surface area contributed by atoms with Crippen LogP contribution >= 0.6 is 7.82 Å². The molecule has 9 nitrogen and oxygen atoms in total. The van der Waals surface area contributed by atoms with Crippen LogP contribution < -0.4 is 0 Å². The van der Waals surface area contributed by atoms with Crippen LogP contribution in [-0.2, 0) is 32.7 Å². The molecule has 0 aliphatic heterocycles. The highest BCUT2D eigenvalue weighted by Crippen LogP contribution is 2.43. The molecule has 0 fully saturated rings. The molecule has 0 aliphatic carbocycles. The van der Waals surface area contributed by atoms with E-state index in [9.17, 15) is 19.0 Å². The van der Waals surface area contributed by atoms with Gasteiger partial charge in [-0.3, -0.25) is 18.6 Å². The van der Waals surface area contributed by atoms with Crippen LogP contribution in [0.3, 0.4) is 0 Å². The average molecular weight is 996 g/mol. The molecule has 0 amide bonds. The molecule has 2 unspecified atom stereocenters. The number of carbonyl (C=O) groups excluding carboxylic acids is 2. The number of quaternary nitrogens is 1. The van der Waals surface area contributed by atoms with Gasteiger partial charge in [0.1, 0.15) is 19.8 Å². The minimum atomic E-state index is -4.38. The summed E-state index contributed by atoms with van der Waals surface area (Å²) in [6.45, 7) is 4.35. The summed E-state index contributed by atoms with van der Waals surface area (Å²) in [6.07, 6.45) is 62.3. The van der Waals surface area contributed by atoms with E-state index >= 15 is 0 Å². The summed E-state index contributed by atoms with van der Waals surface area (Å²) in [6, 6.07) is 0. The highest BCUT2D eigenvalue weighted by molar-refractivity contribution is 7.47. The van der Waals surface area contributed by atoms with Crippen LogP contribution in [0.2, 0.25) is 0 Å². The zero-order valence-corrected chi connectivity index (χ0v) is 47.0. The molecular weight excluding hydrogens is 882 g/mol. The molecule has 0 saturated carbocycles. The van der Waals surface area contributed by atoms with Gasteiger partial charge < -0.3 is 18.9 Å². The van der Waals surface area contributed by atoms with E-state index in [0.717, 1.165) is 64.2 Å². The Hall–Kier alpha value is -1.77. The first-order valence-electron chi connectivity index (χ1n) is 29.2. The SMILES string of the molecule is CC/C=C\C/C=C\C/C=C\CCCCCCCCCC(=O)OC(COC(=O)CCCCCCCCCCCCCCCCCCCCCCCCCCCCCC)COP(=O)(O)OCC[N+](C)(C)C. The standard InChI is InChI=1S/C59H112NO8P/c1-6-8-10-12-14-16-18-20-22-24-25-26-27-28-29-30-31-32-33-34-36-37-39-41-43-45-47-49-51-58(61)65-55-57(56-67-69(63,64)66-54-53-60(3,4)5)68-59(62)52-50-48-46-44-42-40-38-35-23-21-19-17-15-13-11-9-7-2/h9,11,15,17,21,23,57H,6-8,10,12-14,16,18-20,22,24-56H2,1-5H3/p+1/b11-9-,17-15-,23-21-. The number of phosphoric ester groups is 1. The number of phosphoric acid groups is 1. The number of carbonyl (C=O) groups is 2. The smallest absolute Gasteiger partial charge is 0.462 e. The van der Waals surface area contributed by atoms with Gasteiger partial charge >= 0.3 is 19.8 Å². The molecule has 0 saturated heterocycles. The van der Waals surface area contributed by atoms with E-state index in [1.54, 1.807) is 0 Å². The van der Waals surface area contributed by atoms with Crippen molar-refractivity contribution in [2.75, 3.05) is 47.5 Å². The molecule has 0 radical (unpaired) electrons. The summed E-state index contributed by atoms with van der Waals surface area (Å²) in [5, 5.41) is 0. The molecule has 0 aromatic carbocycles. The van der Waals surface area contributed by atoms with E-state index in [1.807, 2.05) is 21.1 Å². The van der Waals surface area contributed by atoms with Crippen LogP contribution in [0.1, 0.15) is 277 Å². The maximum atomic E-state index is 12.8. The first-order valence-corrected chi connectivity index (χ1v) is 30.7. The first-order chi connectivity index (χ1) is 33.5. The van der Waals surface area contributed by atoms with Gasteiger partial charge in [0.15, 0.2) is 6.10 Å². The molecule has 1 N–H and O–H groups in total. The summed E-state index contributed by atoms with van der Waals surface area (Å²) in [7, 11) is 1.48. The largest absolute Gasteiger partial charge is 0.472 e. The zero-order valence-electron chi connectivity index (χ0n) is 46.1. The Morgan fingerprint density at radius 1 is 0.464 bits per heavy atom. The van der Waals surface area contributed by atoms with Gasteiger partial charge in [0.25, 0.3) is 0 Å². The predicted molar refractivity (Wildman–Crippen MR) is 294 cm³/mol. The third kappa shape index (κ3) is 55.4. The summed E-state index contributed by atoms with van der Waals surface area (Å²) in [5.41, 5.74) is 0. The molecule has 69 heavy (non-hydrogen) atoms. The molecule has 10 heteroatoms. The third-order valence-electron chi connectivity index (χ3n) is 12.9. The summed E-state index contributed by atoms with van der Waals surface area (Å²) in [5.74, 6) is -0.797. The molecule has 0 bridgehead atoms. The Morgan fingerprint density at radius 2 is 0.826 bits per heavy atom. The van der Waals surface area contributed by atoms with E-state index in [1.165, 1.54) is 180 Å². The second kappa shape index (κ2) is 51.1. The van der Waals surface area contributed by atoms with E-state index in [-0.39, 0.29) is 25.6 Å². The number of unbranched alkanes of at least 4 members (excludes halogenated alkanes) is 34. The quantitative estimate of drug-likeness (QED) is 0.0211. The van der Waals surface area contributed by atoms with Crippen LogP contribution in [0.15, 0.2) is 36.5 Å². The lowest BCUT2D eigenvalue weighted by Gasteiger charge is -2.24. The fourth-order valence-corrected chi connectivity index (χ4v) is 9.19. The van der Waals surface area contributed by atoms with Gasteiger partial charge in [0.2, 0.25) is 0 Å². The lowest BCUT2D eigenvalue weighted by molar-refractivity contribution is -0.870. The average Bonchev–Trinajstić information content (AvgIpc) is 3.31. The second-order valence-corrected chi connectivity index (χ2v) is 22.5. The number of rotatable bonds is 54. The second-order valence-electron chi connectivity index (χ2n) is 21.0. The maximum absolute atomic E-state index is 12.8. The van der Waals surface area contributed by atoms with E-state index < -0.39 is 26.5 Å². The van der Waals surface area contributed by atoms with Crippen molar-refractivity contribution in [3.8, 4) is 0 Å². The minimum absolute atomic E-state index is 0.0306. The van der Waals surface area contributed by atoms with Crippen LogP contribution in [0.5, 0.6) is 0 Å². The zero-order chi connectivity index (χ0) is 50.6. The number of nitrogens with zero attached hydrogens (tertiary/aromatic N) is 1. The van der Waals surface area contributed by atoms with Crippen molar-refractivity contribution in [3.05, 3.63) is 36.5 Å². The summed E-state index contributed by atoms with van der Waals surface area (Å²) < 4.78 is 34.5. The Labute approximate surface area is 427 Å². The van der Waals surface area contributed by atoms with E-state index in [4.69, 9.17) is 18.5 Å². The van der Waals surface area contributed by atoms with Crippen molar-refractivity contribution in [1.29, 1.82) is 0 Å². The molecule has 2 atom stereocenters. The molecule has 0 rings (SSSR count). The van der Waals surface area contributed by atoms with E-state index in [2.05, 4.69) is 50.3 Å². The minimum Gasteiger partial charge on any atom is -0.462 e. The molecule has 0 aliphatic rings. The highest BCUT2D eigenvalue weighted by Gasteiger charge is 2.27. The molecular formula is C59H113NO8P+. The lowest BCUT2D eigenvalue weighted by atomic mass is 10.0. The van der Waals surface area contributed by atoms with Crippen LogP contribution in [-0.4, -0.2) is 74.9 Å². The fraction of sp³-hybridized carbons (Fsp3) is 0.864. The van der Waals surface area contributed by atoms with E-state index in [0.29, 0.717) is 23.9 Å². The van der Waals surface area contributed by atoms with Gasteiger partial charge in [0.05, 0.1) is 27.7 Å². The van der Waals surface area contributed by atoms with Gasteiger partial charge in [-0.05, 0) is 44.9 Å². The van der Waals surface area contributed by atoms with Gasteiger partial charge in [-0.25, -0.2) is 4.57 Å². The van der Waals surface area contributed by atoms with Gasteiger partial charge in [-0.2, -0.15) is 0 Å². The molecule has 0 aromatic rings. The van der Waals surface area contributed by atoms with Crippen molar-refractivity contribution in [1.82, 2.24) is 0 Å². The monoisotopic (exact) mass is 995 g/mol. The first kappa shape index (κ1) is 67.2. The predicted octanol–water partition coefficient (Wildman–Crippen LogP) is 18.0. The lowest BCUT2D eigenvalue weighted by Crippen LogP contribution is -2.37. The Morgan fingerprint density at radius 3 is 1.23 bits per heavy atom. The molecule has 0 aromatic heterocycles. The third-order valence-corrected chi connectivity index (χ3v) is 13.9. The Kier molecular flexibility index (Phi) is 49.8. The van der Waals surface area contributed by atoms with Gasteiger partial charge in [-0.1, -0.05) is 256 Å². The van der Waals surface area contributed by atoms with Crippen molar-refractivity contribution < 1.29 is 42.1 Å². The van der Waals surface area contributed by atoms with Crippen molar-refractivity contribution in [2.24, 2.45) is 0 Å². The fourth-order valence-electron chi connectivity index (χ4n) is 8.44. The van der Waals surface area contributed by atoms with Crippen molar-refractivity contribution in [3.63, 3.8) is 0 Å². The van der Waals surface area contributed by atoms with Gasteiger partial charge in [-0.15, -0.1) is 0 Å². The van der Waals surface area contributed by atoms with Crippen LogP contribution in [0.25, 0.3) is 0 Å². The number of esters is 2. The van der Waals surface area contributed by atoms with Crippen LogP contribution in [0.4, 0.5) is 0 Å². The van der Waals surface area contributed by atoms with Gasteiger partial charge in [0, 0.05) is 12.8 Å². The summed E-state index contributed by atoms with van der Waals surface area (Å²) >= 11 is 0. The molecule has 0 spiro atoms. The highest BCUT2D eigenvalue weighted by atomic mass is 31.2. The normalized spacial score (nSPS) is 13.5. The number of allylic oxidation sites excluding steroid dienone is 6. The summed E-state index contributed by atoms with van der Waals surface area (Å²) in [4.78, 5) is 35.6. The maximum Gasteiger partial charge on any atom is 0.472 e. The molecule has 0 heterocycles. The van der Waals surface area contributed by atoms with Crippen LogP contribution in [0, 0.1) is 0 Å². The van der Waals surface area contributed by atoms with Crippen molar-refractivity contribution >= 4 is 19.8 Å².